The number of amides is 1. The van der Waals surface area contributed by atoms with Gasteiger partial charge in [0.25, 0.3) is 5.91 Å². The molecule has 5 aliphatic rings. The molecule has 0 saturated carbocycles. The van der Waals surface area contributed by atoms with Crippen LogP contribution in [0.25, 0.3) is 5.57 Å². The van der Waals surface area contributed by atoms with Crippen molar-refractivity contribution >= 4 is 23.1 Å². The molecule has 5 heterocycles. The summed E-state index contributed by atoms with van der Waals surface area (Å²) in [7, 11) is 0. The molecule has 5 aliphatic heterocycles. The molecule has 3 aromatic rings. The summed E-state index contributed by atoms with van der Waals surface area (Å²) >= 11 is 0. The lowest BCUT2D eigenvalue weighted by molar-refractivity contribution is 0.0696. The van der Waals surface area contributed by atoms with Crippen molar-refractivity contribution < 1.29 is 19.4 Å². The maximum Gasteiger partial charge on any atom is 0.336 e. The molecule has 0 bridgehead atoms. The highest BCUT2D eigenvalue weighted by Crippen LogP contribution is 2.48. The van der Waals surface area contributed by atoms with E-state index in [2.05, 4.69) is 26.9 Å². The number of aromatic carboxylic acids is 1. The predicted octanol–water partition coefficient (Wildman–Crippen LogP) is 4.07. The second-order valence-corrected chi connectivity index (χ2v) is 13.9. The Kier molecular flexibility index (Phi) is 8.00. The molecule has 0 radical (unpaired) electrons. The fourth-order valence-electron chi connectivity index (χ4n) is 8.81. The molecule has 8 nitrogen and oxygen atoms in total. The molecular weight excluding hydrogens is 588 g/mol. The monoisotopic (exact) mass is 633 g/mol. The number of rotatable bonds is 9. The third-order valence-corrected chi connectivity index (χ3v) is 10.9. The van der Waals surface area contributed by atoms with Crippen LogP contribution in [0.2, 0.25) is 0 Å². The average Bonchev–Trinajstić information content (AvgIpc) is 3.09. The summed E-state index contributed by atoms with van der Waals surface area (Å²) in [6, 6.07) is 9.64. The minimum Gasteiger partial charge on any atom is -0.478 e. The third-order valence-electron chi connectivity index (χ3n) is 10.9. The van der Waals surface area contributed by atoms with Crippen molar-refractivity contribution in [2.45, 2.75) is 77.0 Å². The van der Waals surface area contributed by atoms with E-state index in [1.165, 1.54) is 33.3 Å². The SMILES string of the molecule is NCCCCCCNC(=O)c1ccc(C(=O)O)c(C2=c3cc4c5c(c3Oc3c2cc2c6c3CCCN6CCC2)CCC[N+]=5CCC4)c1. The van der Waals surface area contributed by atoms with Crippen LogP contribution in [0.4, 0.5) is 5.69 Å². The van der Waals surface area contributed by atoms with Crippen molar-refractivity contribution in [2.75, 3.05) is 44.2 Å². The van der Waals surface area contributed by atoms with Crippen LogP contribution in [0.15, 0.2) is 30.3 Å². The summed E-state index contributed by atoms with van der Waals surface area (Å²) in [5.74, 6) is 0.587. The largest absolute Gasteiger partial charge is 0.478 e. The maximum absolute atomic E-state index is 13.5. The summed E-state index contributed by atoms with van der Waals surface area (Å²) in [4.78, 5) is 28.9. The molecule has 0 aromatic heterocycles. The van der Waals surface area contributed by atoms with Crippen LogP contribution in [-0.2, 0) is 25.7 Å². The van der Waals surface area contributed by atoms with Gasteiger partial charge in [-0.25, -0.2) is 9.37 Å². The first-order valence-electron chi connectivity index (χ1n) is 17.8. The van der Waals surface area contributed by atoms with Crippen molar-refractivity contribution in [1.82, 2.24) is 9.89 Å². The molecule has 0 unspecified atom stereocenters. The van der Waals surface area contributed by atoms with Crippen molar-refractivity contribution in [1.29, 1.82) is 0 Å². The van der Waals surface area contributed by atoms with Crippen molar-refractivity contribution in [2.24, 2.45) is 5.73 Å². The Bertz CT molecular complexity index is 1920. The Morgan fingerprint density at radius 3 is 2.45 bits per heavy atom. The molecule has 8 heteroatoms. The minimum absolute atomic E-state index is 0.178. The number of ether oxygens (including phenoxy) is 1. The number of aryl methyl sites for hydroxylation is 2. The molecule has 0 aliphatic carbocycles. The number of hydrogen-bond acceptors (Lipinski definition) is 5. The van der Waals surface area contributed by atoms with Crippen molar-refractivity contribution in [3.63, 3.8) is 0 Å². The molecule has 244 valence electrons. The number of benzene rings is 3. The molecular formula is C39H45N4O4+. The van der Waals surface area contributed by atoms with Crippen LogP contribution in [0, 0.1) is 0 Å². The van der Waals surface area contributed by atoms with Gasteiger partial charge in [-0.15, -0.1) is 0 Å². The fraction of sp³-hybridized carbons (Fsp3) is 0.462. The molecule has 0 saturated heterocycles. The smallest absolute Gasteiger partial charge is 0.336 e. The van der Waals surface area contributed by atoms with Crippen LogP contribution in [0.1, 0.15) is 105 Å². The van der Waals surface area contributed by atoms with Gasteiger partial charge >= 0.3 is 5.97 Å². The number of carboxylic acids is 1. The molecule has 1 amide bonds. The molecule has 3 aromatic carbocycles. The Labute approximate surface area is 275 Å². The lowest BCUT2D eigenvalue weighted by Gasteiger charge is -2.39. The predicted molar refractivity (Wildman–Crippen MR) is 184 cm³/mol. The second-order valence-electron chi connectivity index (χ2n) is 13.9. The molecule has 0 atom stereocenters. The third kappa shape index (κ3) is 5.21. The van der Waals surface area contributed by atoms with E-state index in [0.717, 1.165) is 131 Å². The number of nitrogens with one attached hydrogen (secondary N) is 1. The number of hydrogen-bond donors (Lipinski definition) is 3. The zero-order chi connectivity index (χ0) is 32.1. The van der Waals surface area contributed by atoms with E-state index < -0.39 is 5.97 Å². The first kappa shape index (κ1) is 30.2. The first-order chi connectivity index (χ1) is 23.0. The summed E-state index contributed by atoms with van der Waals surface area (Å²) in [6.45, 7) is 5.51. The Morgan fingerprint density at radius 2 is 1.62 bits per heavy atom. The maximum atomic E-state index is 13.5. The highest BCUT2D eigenvalue weighted by atomic mass is 16.5. The Morgan fingerprint density at radius 1 is 0.851 bits per heavy atom. The number of carbonyl (C=O) groups excluding carboxylic acids is 1. The van der Waals surface area contributed by atoms with Crippen LogP contribution >= 0.6 is 0 Å². The van der Waals surface area contributed by atoms with Gasteiger partial charge in [0.2, 0.25) is 5.36 Å². The first-order valence-corrected chi connectivity index (χ1v) is 17.8. The molecule has 0 fully saturated rings. The topological polar surface area (TPSA) is 108 Å². The number of anilines is 1. The molecule has 8 rings (SSSR count). The van der Waals surface area contributed by atoms with Crippen molar-refractivity contribution in [3.8, 4) is 11.5 Å². The van der Waals surface area contributed by atoms with Gasteiger partial charge in [-0.3, -0.25) is 4.79 Å². The Balaban J connectivity index is 1.35. The summed E-state index contributed by atoms with van der Waals surface area (Å²) in [5, 5.41) is 15.9. The van der Waals surface area contributed by atoms with Crippen LogP contribution in [-0.4, -0.2) is 56.3 Å². The van der Waals surface area contributed by atoms with Crippen LogP contribution in [0.3, 0.4) is 0 Å². The normalized spacial score (nSPS) is 17.3. The average molecular weight is 634 g/mol. The number of unbranched alkanes of at least 4 members (excludes halogenated alkanes) is 3. The fourth-order valence-corrected chi connectivity index (χ4v) is 8.81. The zero-order valence-electron chi connectivity index (χ0n) is 27.3. The van der Waals surface area contributed by atoms with E-state index in [9.17, 15) is 14.7 Å². The standard InChI is InChI=1S/C39H44N4O4/c40-15-3-1-2-4-16-41-38(44)26-13-14-27(39(45)46)30(23-26)33-31-21-24-9-5-17-42-19-7-11-28(34(24)42)36(31)47-37-29-12-8-20-43-18-6-10-25(35(29)43)22-32(33)37/h13-14,21-23H,1-12,15-20,40H2,(H-,41,44,45,46)/p+1. The van der Waals surface area contributed by atoms with E-state index in [1.807, 2.05) is 6.07 Å². The number of nitrogens with two attached hydrogens (primary N) is 1. The van der Waals surface area contributed by atoms with E-state index in [-0.39, 0.29) is 11.5 Å². The number of fused-ring (bicyclic) bond motifs is 4. The van der Waals surface area contributed by atoms with Gasteiger partial charge in [0, 0.05) is 71.2 Å². The van der Waals surface area contributed by atoms with E-state index in [4.69, 9.17) is 10.5 Å². The number of nitrogens with zero attached hydrogens (tertiary/aromatic N) is 2. The van der Waals surface area contributed by atoms with Gasteiger partial charge in [0.1, 0.15) is 24.6 Å². The van der Waals surface area contributed by atoms with E-state index >= 15 is 0 Å². The molecule has 47 heavy (non-hydrogen) atoms. The highest BCUT2D eigenvalue weighted by molar-refractivity contribution is 6.02. The lowest BCUT2D eigenvalue weighted by Crippen LogP contribution is -2.45. The summed E-state index contributed by atoms with van der Waals surface area (Å²) in [5.41, 5.74) is 15.2. The van der Waals surface area contributed by atoms with E-state index in [1.54, 1.807) is 12.1 Å². The quantitative estimate of drug-likeness (QED) is 0.190. The Hall–Kier alpha value is -4.17. The van der Waals surface area contributed by atoms with Gasteiger partial charge in [-0.05, 0) is 99.4 Å². The van der Waals surface area contributed by atoms with Gasteiger partial charge in [0.15, 0.2) is 0 Å². The lowest BCUT2D eigenvalue weighted by atomic mass is 9.81. The molecule has 4 N–H and O–H groups in total. The van der Waals surface area contributed by atoms with Gasteiger partial charge in [0.05, 0.1) is 11.1 Å². The zero-order valence-corrected chi connectivity index (χ0v) is 27.3. The van der Waals surface area contributed by atoms with Gasteiger partial charge in [-0.2, -0.15) is 0 Å². The van der Waals surface area contributed by atoms with Crippen LogP contribution < -0.4 is 35.8 Å². The van der Waals surface area contributed by atoms with E-state index in [0.29, 0.717) is 24.2 Å². The van der Waals surface area contributed by atoms with Crippen molar-refractivity contribution in [3.05, 3.63) is 85.4 Å². The summed E-state index contributed by atoms with van der Waals surface area (Å²) < 4.78 is 9.66. The highest BCUT2D eigenvalue weighted by Gasteiger charge is 2.36. The second kappa shape index (κ2) is 12.5. The number of carboxylic acid groups (broad SMARTS) is 1. The van der Waals surface area contributed by atoms with Gasteiger partial charge in [-0.1, -0.05) is 12.8 Å². The summed E-state index contributed by atoms with van der Waals surface area (Å²) in [6.07, 6.45) is 12.2. The molecule has 0 spiro atoms. The van der Waals surface area contributed by atoms with Crippen LogP contribution in [0.5, 0.6) is 11.5 Å². The van der Waals surface area contributed by atoms with Gasteiger partial charge < -0.3 is 25.8 Å². The number of carbonyl (C=O) groups is 2. The minimum atomic E-state index is -0.995.